The molecule has 0 amide bonds. The van der Waals surface area contributed by atoms with Gasteiger partial charge >= 0.3 is 0 Å². The van der Waals surface area contributed by atoms with Crippen LogP contribution in [0.5, 0.6) is 0 Å². The number of nitrogens with zero attached hydrogens (tertiary/aromatic N) is 2. The van der Waals surface area contributed by atoms with Crippen LogP contribution in [-0.2, 0) is 6.42 Å². The van der Waals surface area contributed by atoms with E-state index in [0.717, 1.165) is 52.2 Å². The molecule has 0 spiro atoms. The maximum Gasteiger partial charge on any atom is 0.272 e. The molecular formula is C16H17ClN2OS2. The highest BCUT2D eigenvalue weighted by Crippen LogP contribution is 2.30. The van der Waals surface area contributed by atoms with Crippen LogP contribution in [-0.4, -0.2) is 21.1 Å². The van der Waals surface area contributed by atoms with Gasteiger partial charge in [0, 0.05) is 22.9 Å². The predicted octanol–water partition coefficient (Wildman–Crippen LogP) is 4.43. The minimum atomic E-state index is 0.0498. The average molecular weight is 353 g/mol. The first-order valence-corrected chi connectivity index (χ1v) is 9.73. The number of unbranched alkanes of at least 4 members (excludes halogenated alkanes) is 1. The van der Waals surface area contributed by atoms with Gasteiger partial charge in [0.1, 0.15) is 0 Å². The van der Waals surface area contributed by atoms with E-state index in [1.807, 2.05) is 24.3 Å². The molecule has 3 nitrogen and oxygen atoms in total. The fraction of sp³-hybridized carbons (Fsp3) is 0.375. The van der Waals surface area contributed by atoms with Crippen molar-refractivity contribution in [3.05, 3.63) is 45.3 Å². The number of thioether (sulfide) groups is 2. The highest BCUT2D eigenvalue weighted by Gasteiger charge is 2.22. The van der Waals surface area contributed by atoms with E-state index in [-0.39, 0.29) is 5.56 Å². The fourth-order valence-corrected chi connectivity index (χ4v) is 4.58. The number of aryl methyl sites for hydroxylation is 1. The summed E-state index contributed by atoms with van der Waals surface area (Å²) < 4.78 is 1.73. The molecular weight excluding hydrogens is 336 g/mol. The summed E-state index contributed by atoms with van der Waals surface area (Å²) in [6.07, 6.45) is 3.14. The molecule has 1 aromatic heterocycles. The monoisotopic (exact) mass is 352 g/mol. The number of aromatic nitrogens is 2. The Morgan fingerprint density at radius 3 is 2.86 bits per heavy atom. The Kier molecular flexibility index (Phi) is 5.16. The molecule has 0 aliphatic carbocycles. The van der Waals surface area contributed by atoms with Crippen LogP contribution >= 0.6 is 35.1 Å². The lowest BCUT2D eigenvalue weighted by molar-refractivity contribution is 0.738. The largest absolute Gasteiger partial charge is 0.272 e. The van der Waals surface area contributed by atoms with Gasteiger partial charge in [-0.2, -0.15) is 0 Å². The summed E-state index contributed by atoms with van der Waals surface area (Å²) in [6.45, 7) is 2.17. The Bertz CT molecular complexity index is 728. The number of hydrogen-bond donors (Lipinski definition) is 0. The maximum absolute atomic E-state index is 12.9. The van der Waals surface area contributed by atoms with Crippen LogP contribution in [0.25, 0.3) is 5.69 Å². The molecule has 6 heteroatoms. The summed E-state index contributed by atoms with van der Waals surface area (Å²) >= 11 is 9.24. The van der Waals surface area contributed by atoms with Crippen LogP contribution in [0.2, 0.25) is 5.02 Å². The van der Waals surface area contributed by atoms with E-state index in [1.165, 1.54) is 0 Å². The molecule has 0 radical (unpaired) electrons. The van der Waals surface area contributed by atoms with Gasteiger partial charge in [-0.15, -0.1) is 11.8 Å². The standard InChI is InChI=1S/C16H17ClN2OS2/c1-2-3-9-22-16-18-13-8-10-21-14(13)15(20)19(16)12-6-4-11(17)5-7-12/h4-7H,2-3,8-10H2,1H3. The molecule has 0 bridgehead atoms. The van der Waals surface area contributed by atoms with Gasteiger partial charge in [-0.25, -0.2) is 4.98 Å². The molecule has 0 N–H and O–H groups in total. The van der Waals surface area contributed by atoms with Crippen molar-refractivity contribution in [3.63, 3.8) is 0 Å². The highest BCUT2D eigenvalue weighted by molar-refractivity contribution is 7.99. The van der Waals surface area contributed by atoms with Crippen LogP contribution in [0.3, 0.4) is 0 Å². The van der Waals surface area contributed by atoms with Gasteiger partial charge < -0.3 is 0 Å². The number of hydrogen-bond acceptors (Lipinski definition) is 4. The smallest absolute Gasteiger partial charge is 0.268 e. The lowest BCUT2D eigenvalue weighted by atomic mass is 10.3. The molecule has 1 aromatic carbocycles. The van der Waals surface area contributed by atoms with Crippen LogP contribution < -0.4 is 5.56 Å². The van der Waals surface area contributed by atoms with Crippen molar-refractivity contribution in [2.45, 2.75) is 36.2 Å². The summed E-state index contributed by atoms with van der Waals surface area (Å²) in [6, 6.07) is 7.37. The molecule has 0 saturated heterocycles. The number of rotatable bonds is 5. The van der Waals surface area contributed by atoms with E-state index in [9.17, 15) is 4.79 Å². The first-order chi connectivity index (χ1) is 10.7. The predicted molar refractivity (Wildman–Crippen MR) is 94.9 cm³/mol. The minimum Gasteiger partial charge on any atom is -0.268 e. The second kappa shape index (κ2) is 7.11. The van der Waals surface area contributed by atoms with Gasteiger partial charge in [-0.1, -0.05) is 36.7 Å². The van der Waals surface area contributed by atoms with Crippen molar-refractivity contribution in [2.24, 2.45) is 0 Å². The van der Waals surface area contributed by atoms with E-state index in [0.29, 0.717) is 5.02 Å². The summed E-state index contributed by atoms with van der Waals surface area (Å²) in [5.74, 6) is 1.92. The molecule has 1 aliphatic heterocycles. The van der Waals surface area contributed by atoms with E-state index in [2.05, 4.69) is 6.92 Å². The minimum absolute atomic E-state index is 0.0498. The van der Waals surface area contributed by atoms with Crippen molar-refractivity contribution in [3.8, 4) is 5.69 Å². The van der Waals surface area contributed by atoms with Crippen molar-refractivity contribution in [1.82, 2.24) is 9.55 Å². The Hall–Kier alpha value is -0.910. The quantitative estimate of drug-likeness (QED) is 0.453. The van der Waals surface area contributed by atoms with E-state index >= 15 is 0 Å². The van der Waals surface area contributed by atoms with Crippen LogP contribution in [0.15, 0.2) is 39.1 Å². The number of benzene rings is 1. The molecule has 0 unspecified atom stereocenters. The maximum atomic E-state index is 12.9. The summed E-state index contributed by atoms with van der Waals surface area (Å²) in [5.41, 5.74) is 1.84. The second-order valence-corrected chi connectivity index (χ2v) is 7.69. The van der Waals surface area contributed by atoms with Gasteiger partial charge in [0.05, 0.1) is 16.3 Å². The van der Waals surface area contributed by atoms with Crippen LogP contribution in [0.4, 0.5) is 0 Å². The van der Waals surface area contributed by atoms with Gasteiger partial charge in [0.15, 0.2) is 5.16 Å². The van der Waals surface area contributed by atoms with Gasteiger partial charge in [-0.05, 0) is 30.7 Å². The molecule has 0 saturated carbocycles. The second-order valence-electron chi connectivity index (χ2n) is 5.09. The van der Waals surface area contributed by atoms with Gasteiger partial charge in [-0.3, -0.25) is 9.36 Å². The topological polar surface area (TPSA) is 34.9 Å². The molecule has 1 aliphatic rings. The fourth-order valence-electron chi connectivity index (χ4n) is 2.31. The third-order valence-corrected chi connectivity index (χ3v) is 5.86. The Labute approximate surface area is 143 Å². The lowest BCUT2D eigenvalue weighted by Crippen LogP contribution is -2.23. The highest BCUT2D eigenvalue weighted by atomic mass is 35.5. The zero-order valence-corrected chi connectivity index (χ0v) is 14.7. The van der Waals surface area contributed by atoms with Gasteiger partial charge in [0.2, 0.25) is 0 Å². The number of fused-ring (bicyclic) bond motifs is 1. The SMILES string of the molecule is CCCCSc1nc2c(c(=O)n1-c1ccc(Cl)cc1)SCC2. The van der Waals surface area contributed by atoms with E-state index in [1.54, 1.807) is 28.1 Å². The first-order valence-electron chi connectivity index (χ1n) is 7.38. The third kappa shape index (κ3) is 3.21. The molecule has 3 rings (SSSR count). The molecule has 2 heterocycles. The molecule has 0 atom stereocenters. The summed E-state index contributed by atoms with van der Waals surface area (Å²) in [7, 11) is 0. The van der Waals surface area contributed by atoms with Crippen molar-refractivity contribution in [1.29, 1.82) is 0 Å². The Balaban J connectivity index is 2.09. The molecule has 0 fully saturated rings. The van der Waals surface area contributed by atoms with Crippen molar-refractivity contribution < 1.29 is 0 Å². The van der Waals surface area contributed by atoms with Gasteiger partial charge in [0.25, 0.3) is 5.56 Å². The number of halogens is 1. The molecule has 116 valence electrons. The normalized spacial score (nSPS) is 13.4. The zero-order valence-electron chi connectivity index (χ0n) is 12.3. The third-order valence-electron chi connectivity index (χ3n) is 3.48. The average Bonchev–Trinajstić information content (AvgIpc) is 2.98. The first kappa shape index (κ1) is 16.0. The Morgan fingerprint density at radius 2 is 2.14 bits per heavy atom. The molecule has 22 heavy (non-hydrogen) atoms. The van der Waals surface area contributed by atoms with E-state index in [4.69, 9.17) is 16.6 Å². The summed E-state index contributed by atoms with van der Waals surface area (Å²) in [4.78, 5) is 18.4. The van der Waals surface area contributed by atoms with Crippen molar-refractivity contribution >= 4 is 35.1 Å². The van der Waals surface area contributed by atoms with Crippen LogP contribution in [0.1, 0.15) is 25.5 Å². The lowest BCUT2D eigenvalue weighted by Gasteiger charge is -2.13. The van der Waals surface area contributed by atoms with E-state index < -0.39 is 0 Å². The zero-order chi connectivity index (χ0) is 15.5. The summed E-state index contributed by atoms with van der Waals surface area (Å²) in [5, 5.41) is 1.46. The van der Waals surface area contributed by atoms with Crippen molar-refractivity contribution in [2.75, 3.05) is 11.5 Å². The molecule has 2 aromatic rings. The van der Waals surface area contributed by atoms with Crippen LogP contribution in [0, 0.1) is 0 Å². The Morgan fingerprint density at radius 1 is 1.36 bits per heavy atom.